The Morgan fingerprint density at radius 2 is 1.33 bits per heavy atom. The summed E-state index contributed by atoms with van der Waals surface area (Å²) < 4.78 is 0. The summed E-state index contributed by atoms with van der Waals surface area (Å²) in [5.41, 5.74) is 0.862. The lowest BCUT2D eigenvalue weighted by atomic mass is 9.90. The van der Waals surface area contributed by atoms with Crippen LogP contribution in [-0.2, 0) is 0 Å². The second-order valence-corrected chi connectivity index (χ2v) is 10.0. The van der Waals surface area contributed by atoms with E-state index in [-0.39, 0.29) is 0 Å². The van der Waals surface area contributed by atoms with E-state index < -0.39 is 0 Å². The van der Waals surface area contributed by atoms with Crippen molar-refractivity contribution in [2.24, 2.45) is 11.3 Å². The number of nitrogens with zero attached hydrogens (tertiary/aromatic N) is 3. The van der Waals surface area contributed by atoms with Crippen molar-refractivity contribution in [1.29, 1.82) is 0 Å². The standard InChI is InChI=1S/C21H43N3/c1-7-21(5,6)24-11-8-19(9-12-24)18-23-16-14-22(15-17-23)13-10-20(2,3)4/h19H,7-18H2,1-6H3. The van der Waals surface area contributed by atoms with Crippen molar-refractivity contribution in [1.82, 2.24) is 14.7 Å². The third-order valence-corrected chi connectivity index (χ3v) is 6.50. The number of piperidine rings is 1. The molecule has 0 bridgehead atoms. The number of likely N-dealkylation sites (tertiary alicyclic amines) is 1. The number of hydrogen-bond donors (Lipinski definition) is 0. The van der Waals surface area contributed by atoms with Crippen molar-refractivity contribution < 1.29 is 0 Å². The van der Waals surface area contributed by atoms with Crippen molar-refractivity contribution >= 4 is 0 Å². The van der Waals surface area contributed by atoms with Gasteiger partial charge in [-0.25, -0.2) is 0 Å². The predicted octanol–water partition coefficient (Wildman–Crippen LogP) is 3.94. The lowest BCUT2D eigenvalue weighted by Gasteiger charge is -2.44. The SMILES string of the molecule is CCC(C)(C)N1CCC(CN2CCN(CCC(C)(C)C)CC2)CC1. The zero-order valence-corrected chi connectivity index (χ0v) is 17.4. The fourth-order valence-electron chi connectivity index (χ4n) is 4.00. The van der Waals surface area contributed by atoms with Crippen LogP contribution in [0.25, 0.3) is 0 Å². The minimum Gasteiger partial charge on any atom is -0.301 e. The molecule has 2 aliphatic rings. The van der Waals surface area contributed by atoms with Gasteiger partial charge >= 0.3 is 0 Å². The molecule has 0 atom stereocenters. The van der Waals surface area contributed by atoms with Crippen LogP contribution in [0.1, 0.15) is 67.2 Å². The smallest absolute Gasteiger partial charge is 0.0150 e. The van der Waals surface area contributed by atoms with Crippen molar-refractivity contribution in [3.05, 3.63) is 0 Å². The van der Waals surface area contributed by atoms with E-state index in [0.717, 1.165) is 5.92 Å². The molecule has 0 aromatic rings. The Hall–Kier alpha value is -0.120. The molecule has 24 heavy (non-hydrogen) atoms. The van der Waals surface area contributed by atoms with Gasteiger partial charge in [-0.3, -0.25) is 4.90 Å². The third-order valence-electron chi connectivity index (χ3n) is 6.50. The maximum atomic E-state index is 2.73. The fourth-order valence-corrected chi connectivity index (χ4v) is 4.00. The zero-order chi connectivity index (χ0) is 17.8. The summed E-state index contributed by atoms with van der Waals surface area (Å²) in [4.78, 5) is 8.13. The highest BCUT2D eigenvalue weighted by atomic mass is 15.3. The van der Waals surface area contributed by atoms with Crippen LogP contribution in [0.5, 0.6) is 0 Å². The molecule has 0 saturated carbocycles. The molecular weight excluding hydrogens is 294 g/mol. The van der Waals surface area contributed by atoms with Gasteiger partial charge in [0, 0.05) is 38.3 Å². The Bertz CT molecular complexity index is 356. The van der Waals surface area contributed by atoms with Gasteiger partial charge in [0.1, 0.15) is 0 Å². The molecule has 2 saturated heterocycles. The van der Waals surface area contributed by atoms with E-state index in [1.165, 1.54) is 78.0 Å². The average molecular weight is 338 g/mol. The van der Waals surface area contributed by atoms with Gasteiger partial charge in [-0.1, -0.05) is 27.7 Å². The van der Waals surface area contributed by atoms with E-state index in [2.05, 4.69) is 56.2 Å². The highest BCUT2D eigenvalue weighted by Gasteiger charge is 2.30. The fraction of sp³-hybridized carbons (Fsp3) is 1.00. The van der Waals surface area contributed by atoms with E-state index in [9.17, 15) is 0 Å². The van der Waals surface area contributed by atoms with Gasteiger partial charge in [0.2, 0.25) is 0 Å². The van der Waals surface area contributed by atoms with Gasteiger partial charge in [0.25, 0.3) is 0 Å². The van der Waals surface area contributed by atoms with Crippen molar-refractivity contribution in [3.63, 3.8) is 0 Å². The predicted molar refractivity (Wildman–Crippen MR) is 106 cm³/mol. The molecule has 0 spiro atoms. The van der Waals surface area contributed by atoms with Crippen molar-refractivity contribution in [2.75, 3.05) is 52.4 Å². The quantitative estimate of drug-likeness (QED) is 0.727. The second kappa shape index (κ2) is 8.51. The van der Waals surface area contributed by atoms with Crippen LogP contribution in [0.15, 0.2) is 0 Å². The van der Waals surface area contributed by atoms with Gasteiger partial charge in [-0.2, -0.15) is 0 Å². The van der Waals surface area contributed by atoms with Crippen molar-refractivity contribution in [2.45, 2.75) is 72.8 Å². The molecule has 0 amide bonds. The molecule has 2 fully saturated rings. The monoisotopic (exact) mass is 337 g/mol. The summed E-state index contributed by atoms with van der Waals surface area (Å²) >= 11 is 0. The molecule has 2 heterocycles. The van der Waals surface area contributed by atoms with E-state index in [1.54, 1.807) is 0 Å². The Balaban J connectivity index is 1.65. The molecule has 3 nitrogen and oxygen atoms in total. The van der Waals surface area contributed by atoms with Crippen LogP contribution in [-0.4, -0.2) is 72.6 Å². The van der Waals surface area contributed by atoms with Crippen LogP contribution in [0.2, 0.25) is 0 Å². The van der Waals surface area contributed by atoms with Gasteiger partial charge < -0.3 is 9.80 Å². The first kappa shape index (κ1) is 20.2. The van der Waals surface area contributed by atoms with Crippen LogP contribution in [0.3, 0.4) is 0 Å². The lowest BCUT2D eigenvalue weighted by Crippen LogP contribution is -2.51. The Kier molecular flexibility index (Phi) is 7.16. The summed E-state index contributed by atoms with van der Waals surface area (Å²) in [6.07, 6.45) is 5.37. The summed E-state index contributed by atoms with van der Waals surface area (Å²) in [5.74, 6) is 0.926. The van der Waals surface area contributed by atoms with Crippen molar-refractivity contribution in [3.8, 4) is 0 Å². The van der Waals surface area contributed by atoms with E-state index >= 15 is 0 Å². The second-order valence-electron chi connectivity index (χ2n) is 10.0. The third kappa shape index (κ3) is 6.31. The van der Waals surface area contributed by atoms with Crippen LogP contribution >= 0.6 is 0 Å². The number of rotatable bonds is 6. The topological polar surface area (TPSA) is 9.72 Å². The number of hydrogen-bond acceptors (Lipinski definition) is 3. The van der Waals surface area contributed by atoms with E-state index in [1.807, 2.05) is 0 Å². The normalized spacial score (nSPS) is 23.8. The van der Waals surface area contributed by atoms with E-state index in [4.69, 9.17) is 0 Å². The van der Waals surface area contributed by atoms with E-state index in [0.29, 0.717) is 11.0 Å². The average Bonchev–Trinajstić information content (AvgIpc) is 2.54. The minimum absolute atomic E-state index is 0.393. The van der Waals surface area contributed by atoms with Crippen LogP contribution < -0.4 is 0 Å². The molecule has 0 unspecified atom stereocenters. The molecule has 2 aliphatic heterocycles. The largest absolute Gasteiger partial charge is 0.301 e. The first-order valence-electron chi connectivity index (χ1n) is 10.4. The Labute approximate surface area is 151 Å². The van der Waals surface area contributed by atoms with Gasteiger partial charge in [0.05, 0.1) is 0 Å². The maximum absolute atomic E-state index is 2.73. The summed E-state index contributed by atoms with van der Waals surface area (Å²) in [6.45, 7) is 24.6. The lowest BCUT2D eigenvalue weighted by molar-refractivity contribution is 0.0506. The van der Waals surface area contributed by atoms with Gasteiger partial charge in [-0.05, 0) is 70.5 Å². The van der Waals surface area contributed by atoms with Crippen LogP contribution in [0, 0.1) is 11.3 Å². The van der Waals surface area contributed by atoms with Gasteiger partial charge in [0.15, 0.2) is 0 Å². The maximum Gasteiger partial charge on any atom is 0.0150 e. The first-order chi connectivity index (χ1) is 11.2. The van der Waals surface area contributed by atoms with Crippen LogP contribution in [0.4, 0.5) is 0 Å². The Morgan fingerprint density at radius 1 is 0.792 bits per heavy atom. The number of piperazine rings is 1. The molecule has 2 rings (SSSR count). The molecule has 0 radical (unpaired) electrons. The van der Waals surface area contributed by atoms with Gasteiger partial charge in [-0.15, -0.1) is 0 Å². The summed E-state index contributed by atoms with van der Waals surface area (Å²) in [6, 6.07) is 0. The summed E-state index contributed by atoms with van der Waals surface area (Å²) in [5, 5.41) is 0. The molecule has 0 aromatic heterocycles. The molecular formula is C21H43N3. The first-order valence-corrected chi connectivity index (χ1v) is 10.4. The molecule has 0 aliphatic carbocycles. The minimum atomic E-state index is 0.393. The highest BCUT2D eigenvalue weighted by molar-refractivity contribution is 4.86. The molecule has 142 valence electrons. The molecule has 0 N–H and O–H groups in total. The summed E-state index contributed by atoms with van der Waals surface area (Å²) in [7, 11) is 0. The Morgan fingerprint density at radius 3 is 1.83 bits per heavy atom. The molecule has 3 heteroatoms. The molecule has 0 aromatic carbocycles. The zero-order valence-electron chi connectivity index (χ0n) is 17.4. The highest BCUT2D eigenvalue weighted by Crippen LogP contribution is 2.27.